The van der Waals surface area contributed by atoms with Gasteiger partial charge in [-0.05, 0) is 36.4 Å². The predicted octanol–water partition coefficient (Wildman–Crippen LogP) is 7.89. The van der Waals surface area contributed by atoms with E-state index in [2.05, 4.69) is 5.32 Å². The summed E-state index contributed by atoms with van der Waals surface area (Å²) in [7, 11) is 0. The Bertz CT molecular complexity index is 1380. The van der Waals surface area contributed by atoms with E-state index in [0.29, 0.717) is 31.2 Å². The van der Waals surface area contributed by atoms with Crippen molar-refractivity contribution in [2.24, 2.45) is 0 Å². The molecule has 0 saturated carbocycles. The van der Waals surface area contributed by atoms with Crippen molar-refractivity contribution in [2.45, 2.75) is 0 Å². The Labute approximate surface area is 201 Å². The molecule has 1 N–H and O–H groups in total. The van der Waals surface area contributed by atoms with E-state index < -0.39 is 5.97 Å². The van der Waals surface area contributed by atoms with Crippen molar-refractivity contribution in [1.29, 1.82) is 0 Å². The number of rotatable bonds is 4. The Balaban J connectivity index is 1.30. The Kier molecular flexibility index (Phi) is 5.61. The van der Waals surface area contributed by atoms with Crippen molar-refractivity contribution in [3.8, 4) is 5.75 Å². The molecule has 1 amide bonds. The van der Waals surface area contributed by atoms with Crippen LogP contribution in [0.25, 0.3) is 20.2 Å². The van der Waals surface area contributed by atoms with Crippen LogP contribution in [0, 0.1) is 0 Å². The Morgan fingerprint density at radius 3 is 1.84 bits per heavy atom. The van der Waals surface area contributed by atoms with Gasteiger partial charge in [-0.3, -0.25) is 4.79 Å². The van der Waals surface area contributed by atoms with Crippen molar-refractivity contribution >= 4 is 83.6 Å². The number of ether oxygens (including phenoxy) is 1. The highest BCUT2D eigenvalue weighted by Gasteiger charge is 2.20. The minimum Gasteiger partial charge on any atom is -0.422 e. The maximum absolute atomic E-state index is 12.7. The van der Waals surface area contributed by atoms with Crippen LogP contribution >= 0.6 is 45.9 Å². The highest BCUT2D eigenvalue weighted by atomic mass is 35.5. The van der Waals surface area contributed by atoms with Crippen LogP contribution in [0.1, 0.15) is 19.3 Å². The van der Waals surface area contributed by atoms with Crippen molar-refractivity contribution in [3.63, 3.8) is 0 Å². The zero-order valence-electron chi connectivity index (χ0n) is 16.2. The zero-order valence-corrected chi connectivity index (χ0v) is 19.4. The number of anilines is 1. The van der Waals surface area contributed by atoms with Crippen molar-refractivity contribution in [3.05, 3.63) is 92.6 Å². The molecule has 3 aromatic carbocycles. The maximum atomic E-state index is 12.7. The van der Waals surface area contributed by atoms with E-state index in [1.165, 1.54) is 22.7 Å². The van der Waals surface area contributed by atoms with E-state index in [1.54, 1.807) is 24.3 Å². The molecule has 0 radical (unpaired) electrons. The lowest BCUT2D eigenvalue weighted by molar-refractivity contribution is 0.0739. The van der Waals surface area contributed by atoms with Gasteiger partial charge in [-0.1, -0.05) is 59.6 Å². The molecule has 0 aliphatic carbocycles. The SMILES string of the molecule is O=C(Nc1ccc(OC(=O)c2sc3ccccc3c2Cl)cc1)c1sc2ccccc2c1Cl. The number of hydrogen-bond acceptors (Lipinski definition) is 5. The van der Waals surface area contributed by atoms with Crippen LogP contribution in [0.15, 0.2) is 72.8 Å². The molecular formula is C24H13Cl2NO3S2. The van der Waals surface area contributed by atoms with Gasteiger partial charge >= 0.3 is 5.97 Å². The lowest BCUT2D eigenvalue weighted by atomic mass is 10.2. The molecule has 4 nitrogen and oxygen atoms in total. The number of nitrogens with one attached hydrogen (secondary N) is 1. The first-order chi connectivity index (χ1) is 15.5. The number of carbonyl (C=O) groups excluding carboxylic acids is 2. The van der Waals surface area contributed by atoms with Gasteiger partial charge in [-0.2, -0.15) is 0 Å². The molecule has 0 aliphatic heterocycles. The number of hydrogen-bond donors (Lipinski definition) is 1. The monoisotopic (exact) mass is 497 g/mol. The van der Waals surface area contributed by atoms with Gasteiger partial charge < -0.3 is 10.1 Å². The van der Waals surface area contributed by atoms with E-state index in [4.69, 9.17) is 27.9 Å². The highest BCUT2D eigenvalue weighted by Crippen LogP contribution is 2.37. The summed E-state index contributed by atoms with van der Waals surface area (Å²) in [4.78, 5) is 26.1. The van der Waals surface area contributed by atoms with Crippen LogP contribution in [-0.2, 0) is 0 Å². The molecule has 32 heavy (non-hydrogen) atoms. The Morgan fingerprint density at radius 2 is 1.25 bits per heavy atom. The Hall–Kier alpha value is -2.90. The molecule has 0 atom stereocenters. The third-order valence-corrected chi connectivity index (χ3v) is 8.11. The van der Waals surface area contributed by atoms with Gasteiger partial charge in [0.2, 0.25) is 0 Å². The molecule has 8 heteroatoms. The number of thiophene rings is 2. The summed E-state index contributed by atoms with van der Waals surface area (Å²) in [5, 5.41) is 5.33. The summed E-state index contributed by atoms with van der Waals surface area (Å²) in [5.74, 6) is -0.468. The molecule has 5 rings (SSSR count). The minimum atomic E-state index is -0.523. The number of carbonyl (C=O) groups is 2. The molecule has 2 heterocycles. The molecule has 5 aromatic rings. The number of halogens is 2. The van der Waals surface area contributed by atoms with Crippen LogP contribution in [0.3, 0.4) is 0 Å². The van der Waals surface area contributed by atoms with Crippen LogP contribution in [-0.4, -0.2) is 11.9 Å². The van der Waals surface area contributed by atoms with Crippen molar-refractivity contribution in [2.75, 3.05) is 5.32 Å². The van der Waals surface area contributed by atoms with Crippen LogP contribution in [0.5, 0.6) is 5.75 Å². The molecule has 0 aliphatic rings. The summed E-state index contributed by atoms with van der Waals surface area (Å²) in [5.41, 5.74) is 0.559. The van der Waals surface area contributed by atoms with Gasteiger partial charge in [-0.15, -0.1) is 22.7 Å². The summed E-state index contributed by atoms with van der Waals surface area (Å²) in [6, 6.07) is 21.7. The summed E-state index contributed by atoms with van der Waals surface area (Å²) in [6.07, 6.45) is 0. The van der Waals surface area contributed by atoms with E-state index >= 15 is 0 Å². The van der Waals surface area contributed by atoms with Crippen LogP contribution in [0.4, 0.5) is 5.69 Å². The number of benzene rings is 3. The summed E-state index contributed by atoms with van der Waals surface area (Å²) < 4.78 is 7.34. The van der Waals surface area contributed by atoms with Gasteiger partial charge in [0.25, 0.3) is 5.91 Å². The third kappa shape index (κ3) is 3.87. The van der Waals surface area contributed by atoms with Gasteiger partial charge in [0.1, 0.15) is 15.5 Å². The topological polar surface area (TPSA) is 55.4 Å². The molecule has 0 saturated heterocycles. The van der Waals surface area contributed by atoms with E-state index in [-0.39, 0.29) is 5.91 Å². The quantitative estimate of drug-likeness (QED) is 0.202. The number of fused-ring (bicyclic) bond motifs is 2. The van der Waals surface area contributed by atoms with E-state index in [0.717, 1.165) is 20.2 Å². The van der Waals surface area contributed by atoms with E-state index in [9.17, 15) is 9.59 Å². The second-order valence-corrected chi connectivity index (χ2v) is 9.71. The standard InChI is InChI=1S/C24H13Cl2NO3S2/c25-19-15-5-1-3-7-17(15)31-21(19)23(28)27-13-9-11-14(12-10-13)30-24(29)22-20(26)16-6-2-4-8-18(16)32-22/h1-12H,(H,27,28). The zero-order chi connectivity index (χ0) is 22.2. The summed E-state index contributed by atoms with van der Waals surface area (Å²) in [6.45, 7) is 0. The largest absolute Gasteiger partial charge is 0.422 e. The van der Waals surface area contributed by atoms with E-state index in [1.807, 2.05) is 48.5 Å². The van der Waals surface area contributed by atoms with Crippen LogP contribution < -0.4 is 10.1 Å². The lowest BCUT2D eigenvalue weighted by Gasteiger charge is -2.07. The van der Waals surface area contributed by atoms with Gasteiger partial charge in [-0.25, -0.2) is 4.79 Å². The predicted molar refractivity (Wildman–Crippen MR) is 133 cm³/mol. The van der Waals surface area contributed by atoms with Gasteiger partial charge in [0.15, 0.2) is 0 Å². The molecule has 0 spiro atoms. The van der Waals surface area contributed by atoms with Crippen molar-refractivity contribution < 1.29 is 14.3 Å². The molecule has 0 fully saturated rings. The fourth-order valence-corrected chi connectivity index (χ4v) is 6.05. The molecule has 2 aromatic heterocycles. The maximum Gasteiger partial charge on any atom is 0.355 e. The lowest BCUT2D eigenvalue weighted by Crippen LogP contribution is -2.11. The average molecular weight is 498 g/mol. The molecular weight excluding hydrogens is 485 g/mol. The minimum absolute atomic E-state index is 0.294. The highest BCUT2D eigenvalue weighted by molar-refractivity contribution is 7.22. The molecule has 0 unspecified atom stereocenters. The van der Waals surface area contributed by atoms with Gasteiger partial charge in [0.05, 0.1) is 10.0 Å². The smallest absolute Gasteiger partial charge is 0.355 e. The van der Waals surface area contributed by atoms with Gasteiger partial charge in [0, 0.05) is 25.9 Å². The average Bonchev–Trinajstić information content (AvgIpc) is 3.33. The first-order valence-electron chi connectivity index (χ1n) is 9.49. The molecule has 0 bridgehead atoms. The Morgan fingerprint density at radius 1 is 0.719 bits per heavy atom. The first-order valence-corrected chi connectivity index (χ1v) is 11.9. The normalized spacial score (nSPS) is 11.1. The first kappa shape index (κ1) is 21.0. The fourth-order valence-electron chi connectivity index (χ4n) is 3.25. The number of amides is 1. The fraction of sp³-hybridized carbons (Fsp3) is 0. The number of esters is 1. The second-order valence-electron chi connectivity index (χ2n) is 6.85. The molecule has 158 valence electrons. The van der Waals surface area contributed by atoms with Crippen LogP contribution in [0.2, 0.25) is 10.0 Å². The summed E-state index contributed by atoms with van der Waals surface area (Å²) >= 11 is 15.4. The van der Waals surface area contributed by atoms with Crippen molar-refractivity contribution in [1.82, 2.24) is 0 Å². The second kappa shape index (κ2) is 8.56. The third-order valence-electron chi connectivity index (χ3n) is 4.78.